The average molecular weight is 355 g/mol. The van der Waals surface area contributed by atoms with Crippen LogP contribution in [0.1, 0.15) is 22.8 Å². The van der Waals surface area contributed by atoms with Gasteiger partial charge in [0.05, 0.1) is 5.75 Å². The van der Waals surface area contributed by atoms with E-state index in [2.05, 4.69) is 22.1 Å². The highest BCUT2D eigenvalue weighted by Gasteiger charge is 2.12. The number of thioether (sulfide) groups is 1. The molecule has 0 radical (unpaired) electrons. The second-order valence-corrected chi connectivity index (χ2v) is 6.37. The molecule has 1 heterocycles. The number of aromatic amines is 1. The van der Waals surface area contributed by atoms with Gasteiger partial charge >= 0.3 is 0 Å². The normalized spacial score (nSPS) is 10.8. The number of phenols is 2. The Morgan fingerprint density at radius 3 is 2.56 bits per heavy atom. The molecule has 3 N–H and O–H groups in total. The molecular weight excluding hydrogens is 338 g/mol. The summed E-state index contributed by atoms with van der Waals surface area (Å²) >= 11 is 1.21. The predicted octanol–water partition coefficient (Wildman–Crippen LogP) is 3.42. The highest BCUT2D eigenvalue weighted by Crippen LogP contribution is 2.26. The molecule has 2 aromatic carbocycles. The SMILES string of the molecule is CCc1ccc(-c2nc(SCC(=O)c3ccc(O)c(O)c3)n[nH]2)cc1. The molecule has 128 valence electrons. The molecule has 0 fully saturated rings. The van der Waals surface area contributed by atoms with Crippen molar-refractivity contribution in [2.75, 3.05) is 5.75 Å². The Bertz CT molecular complexity index is 891. The van der Waals surface area contributed by atoms with Crippen LogP contribution in [-0.4, -0.2) is 36.9 Å². The third-order valence-corrected chi connectivity index (χ3v) is 4.58. The van der Waals surface area contributed by atoms with Crippen LogP contribution < -0.4 is 0 Å². The number of carbonyl (C=O) groups excluding carboxylic acids is 1. The molecule has 0 saturated heterocycles. The van der Waals surface area contributed by atoms with Crippen LogP contribution in [0.4, 0.5) is 0 Å². The van der Waals surface area contributed by atoms with E-state index < -0.39 is 0 Å². The molecule has 0 aliphatic heterocycles. The molecule has 0 atom stereocenters. The maximum Gasteiger partial charge on any atom is 0.209 e. The summed E-state index contributed by atoms with van der Waals surface area (Å²) in [6, 6.07) is 12.1. The number of aromatic hydroxyl groups is 2. The lowest BCUT2D eigenvalue weighted by Crippen LogP contribution is -2.02. The summed E-state index contributed by atoms with van der Waals surface area (Å²) in [6.45, 7) is 2.10. The number of nitrogens with zero attached hydrogens (tertiary/aromatic N) is 2. The number of rotatable bonds is 6. The van der Waals surface area contributed by atoms with Crippen LogP contribution >= 0.6 is 11.8 Å². The number of ketones is 1. The first kappa shape index (κ1) is 17.0. The van der Waals surface area contributed by atoms with E-state index in [1.807, 2.05) is 24.3 Å². The minimum absolute atomic E-state index is 0.135. The van der Waals surface area contributed by atoms with Gasteiger partial charge in [-0.15, -0.1) is 5.10 Å². The molecule has 25 heavy (non-hydrogen) atoms. The number of H-pyrrole nitrogens is 1. The number of aromatic nitrogens is 3. The van der Waals surface area contributed by atoms with Crippen molar-refractivity contribution in [2.24, 2.45) is 0 Å². The highest BCUT2D eigenvalue weighted by atomic mass is 32.2. The summed E-state index contributed by atoms with van der Waals surface area (Å²) in [5, 5.41) is 26.2. The molecule has 6 nitrogen and oxygen atoms in total. The Morgan fingerprint density at radius 2 is 1.88 bits per heavy atom. The smallest absolute Gasteiger partial charge is 0.209 e. The van der Waals surface area contributed by atoms with Crippen LogP contribution in [0, 0.1) is 0 Å². The molecule has 3 rings (SSSR count). The van der Waals surface area contributed by atoms with E-state index >= 15 is 0 Å². The molecule has 0 aliphatic rings. The Kier molecular flexibility index (Phi) is 5.04. The number of hydrogen-bond donors (Lipinski definition) is 3. The molecule has 0 bridgehead atoms. The zero-order chi connectivity index (χ0) is 17.8. The third-order valence-electron chi connectivity index (χ3n) is 3.73. The quantitative estimate of drug-likeness (QED) is 0.356. The minimum atomic E-state index is -0.313. The van der Waals surface area contributed by atoms with Crippen molar-refractivity contribution in [3.63, 3.8) is 0 Å². The standard InChI is InChI=1S/C18H17N3O3S/c1-2-11-3-5-12(6-4-11)17-19-18(21-20-17)25-10-16(24)13-7-8-14(22)15(23)9-13/h3-9,22-23H,2,10H2,1H3,(H,19,20,21). The van der Waals surface area contributed by atoms with Crippen molar-refractivity contribution in [3.05, 3.63) is 53.6 Å². The van der Waals surface area contributed by atoms with Gasteiger partial charge in [-0.2, -0.15) is 0 Å². The fourth-order valence-electron chi connectivity index (χ4n) is 2.25. The summed E-state index contributed by atoms with van der Waals surface area (Å²) in [5.74, 6) is 0.0401. The molecule has 0 unspecified atom stereocenters. The first-order valence-corrected chi connectivity index (χ1v) is 8.75. The largest absolute Gasteiger partial charge is 0.504 e. The average Bonchev–Trinajstić information content (AvgIpc) is 3.11. The van der Waals surface area contributed by atoms with Crippen molar-refractivity contribution >= 4 is 17.5 Å². The second kappa shape index (κ2) is 7.40. The van der Waals surface area contributed by atoms with Gasteiger partial charge in [0.15, 0.2) is 23.1 Å². The van der Waals surface area contributed by atoms with Crippen molar-refractivity contribution in [1.29, 1.82) is 0 Å². The number of phenolic OH excluding ortho intramolecular Hbond substituents is 2. The van der Waals surface area contributed by atoms with Crippen LogP contribution in [-0.2, 0) is 6.42 Å². The first-order chi connectivity index (χ1) is 12.1. The molecule has 0 saturated carbocycles. The van der Waals surface area contributed by atoms with Crippen LogP contribution in [0.2, 0.25) is 0 Å². The maximum absolute atomic E-state index is 12.1. The number of aryl methyl sites for hydroxylation is 1. The van der Waals surface area contributed by atoms with Gasteiger partial charge in [0.1, 0.15) is 0 Å². The Labute approximate surface area is 148 Å². The summed E-state index contributed by atoms with van der Waals surface area (Å²) in [7, 11) is 0. The van der Waals surface area contributed by atoms with Crippen LogP contribution in [0.25, 0.3) is 11.4 Å². The Balaban J connectivity index is 1.64. The fourth-order valence-corrected chi connectivity index (χ4v) is 2.94. The van der Waals surface area contributed by atoms with E-state index in [0.717, 1.165) is 12.0 Å². The van der Waals surface area contributed by atoms with Crippen LogP contribution in [0.15, 0.2) is 47.6 Å². The predicted molar refractivity (Wildman–Crippen MR) is 96.0 cm³/mol. The Morgan fingerprint density at radius 1 is 1.12 bits per heavy atom. The molecule has 0 spiro atoms. The van der Waals surface area contributed by atoms with Gasteiger partial charge < -0.3 is 10.2 Å². The molecule has 0 amide bonds. The van der Waals surface area contributed by atoms with E-state index in [1.54, 1.807) is 0 Å². The monoisotopic (exact) mass is 355 g/mol. The summed E-state index contributed by atoms with van der Waals surface area (Å²) in [5.41, 5.74) is 2.51. The van der Waals surface area contributed by atoms with Crippen LogP contribution in [0.3, 0.4) is 0 Å². The lowest BCUT2D eigenvalue weighted by Gasteiger charge is -2.01. The van der Waals surface area contributed by atoms with E-state index in [-0.39, 0.29) is 23.0 Å². The zero-order valence-electron chi connectivity index (χ0n) is 13.6. The van der Waals surface area contributed by atoms with Crippen molar-refractivity contribution in [1.82, 2.24) is 15.2 Å². The van der Waals surface area contributed by atoms with Gasteiger partial charge in [0.25, 0.3) is 0 Å². The highest BCUT2D eigenvalue weighted by molar-refractivity contribution is 7.99. The van der Waals surface area contributed by atoms with Gasteiger partial charge in [0.2, 0.25) is 5.16 Å². The van der Waals surface area contributed by atoms with Crippen molar-refractivity contribution in [2.45, 2.75) is 18.5 Å². The number of nitrogens with one attached hydrogen (secondary N) is 1. The fraction of sp³-hybridized carbons (Fsp3) is 0.167. The number of carbonyl (C=O) groups is 1. The topological polar surface area (TPSA) is 99.1 Å². The molecule has 7 heteroatoms. The number of Topliss-reactive ketones (excluding diaryl/α,β-unsaturated/α-hetero) is 1. The van der Waals surface area contributed by atoms with Gasteiger partial charge in [-0.05, 0) is 30.2 Å². The van der Waals surface area contributed by atoms with Gasteiger partial charge in [-0.1, -0.05) is 43.0 Å². The zero-order valence-corrected chi connectivity index (χ0v) is 14.4. The molecule has 1 aromatic heterocycles. The third kappa shape index (κ3) is 4.00. The van der Waals surface area contributed by atoms with Crippen molar-refractivity contribution in [3.8, 4) is 22.9 Å². The van der Waals surface area contributed by atoms with Gasteiger partial charge in [-0.3, -0.25) is 9.89 Å². The summed E-state index contributed by atoms with van der Waals surface area (Å²) in [6.07, 6.45) is 0.979. The lowest BCUT2D eigenvalue weighted by atomic mass is 10.1. The first-order valence-electron chi connectivity index (χ1n) is 7.76. The van der Waals surface area contributed by atoms with E-state index in [0.29, 0.717) is 16.5 Å². The Hall–Kier alpha value is -2.80. The summed E-state index contributed by atoms with van der Waals surface area (Å²) in [4.78, 5) is 16.5. The molecule has 0 aliphatic carbocycles. The molecule has 3 aromatic rings. The van der Waals surface area contributed by atoms with Crippen LogP contribution in [0.5, 0.6) is 11.5 Å². The van der Waals surface area contributed by atoms with Crippen molar-refractivity contribution < 1.29 is 15.0 Å². The molecular formula is C18H17N3O3S. The maximum atomic E-state index is 12.1. The second-order valence-electron chi connectivity index (χ2n) is 5.43. The number of benzene rings is 2. The summed E-state index contributed by atoms with van der Waals surface area (Å²) < 4.78 is 0. The van der Waals surface area contributed by atoms with E-state index in [1.165, 1.54) is 35.5 Å². The minimum Gasteiger partial charge on any atom is -0.504 e. The van der Waals surface area contributed by atoms with Gasteiger partial charge in [0, 0.05) is 11.1 Å². The van der Waals surface area contributed by atoms with E-state index in [9.17, 15) is 15.0 Å². The number of hydrogen-bond acceptors (Lipinski definition) is 6. The van der Waals surface area contributed by atoms with E-state index in [4.69, 9.17) is 0 Å². The lowest BCUT2D eigenvalue weighted by molar-refractivity contribution is 0.102. The van der Waals surface area contributed by atoms with Gasteiger partial charge in [-0.25, -0.2) is 4.98 Å².